The van der Waals surface area contributed by atoms with E-state index in [1.807, 2.05) is 19.1 Å². The topological polar surface area (TPSA) is 46.6 Å². The first kappa shape index (κ1) is 17.8. The van der Waals surface area contributed by atoms with Crippen molar-refractivity contribution >= 4 is 10.0 Å². The van der Waals surface area contributed by atoms with Gasteiger partial charge in [-0.25, -0.2) is 17.2 Å². The van der Waals surface area contributed by atoms with Crippen LogP contribution in [0.3, 0.4) is 0 Å². The van der Waals surface area contributed by atoms with E-state index in [1.165, 1.54) is 4.31 Å². The van der Waals surface area contributed by atoms with Crippen LogP contribution in [-0.2, 0) is 10.0 Å². The number of hydrogen-bond donors (Lipinski definition) is 0. The highest BCUT2D eigenvalue weighted by Crippen LogP contribution is 2.37. The zero-order valence-corrected chi connectivity index (χ0v) is 14.6. The molecule has 4 nitrogen and oxygen atoms in total. The van der Waals surface area contributed by atoms with E-state index < -0.39 is 21.7 Å². The summed E-state index contributed by atoms with van der Waals surface area (Å²) in [6.07, 6.45) is 1.39. The maximum Gasteiger partial charge on any atom is 0.243 e. The number of sulfonamides is 1. The van der Waals surface area contributed by atoms with E-state index in [2.05, 4.69) is 0 Å². The molecule has 134 valence electrons. The fourth-order valence-electron chi connectivity index (χ4n) is 3.09. The van der Waals surface area contributed by atoms with Gasteiger partial charge in [-0.2, -0.15) is 4.31 Å². The Morgan fingerprint density at radius 2 is 1.84 bits per heavy atom. The van der Waals surface area contributed by atoms with E-state index in [1.54, 1.807) is 12.1 Å². The van der Waals surface area contributed by atoms with Crippen LogP contribution in [0.15, 0.2) is 47.4 Å². The van der Waals surface area contributed by atoms with E-state index in [0.717, 1.165) is 29.5 Å². The minimum absolute atomic E-state index is 0.232. The summed E-state index contributed by atoms with van der Waals surface area (Å²) in [5, 5.41) is 0. The highest BCUT2D eigenvalue weighted by Gasteiger charge is 2.36. The molecule has 3 rings (SSSR count). The van der Waals surface area contributed by atoms with E-state index in [9.17, 15) is 17.2 Å². The average molecular weight is 367 g/mol. The Morgan fingerprint density at radius 3 is 2.48 bits per heavy atom. The molecule has 2 aromatic carbocycles. The first-order valence-corrected chi connectivity index (χ1v) is 9.57. The summed E-state index contributed by atoms with van der Waals surface area (Å²) in [4.78, 5) is -0.232. The highest BCUT2D eigenvalue weighted by atomic mass is 32.2. The van der Waals surface area contributed by atoms with Crippen molar-refractivity contribution in [2.45, 2.75) is 30.7 Å². The molecule has 0 amide bonds. The third kappa shape index (κ3) is 3.52. The molecular formula is C18H19F2NO3S. The second-order valence-electron chi connectivity index (χ2n) is 5.85. The molecule has 2 aromatic rings. The molecule has 0 aliphatic carbocycles. The van der Waals surface area contributed by atoms with Crippen molar-refractivity contribution in [3.63, 3.8) is 0 Å². The number of ether oxygens (including phenoxy) is 1. The maximum absolute atomic E-state index is 13.5. The minimum atomic E-state index is -3.90. The molecular weight excluding hydrogens is 348 g/mol. The van der Waals surface area contributed by atoms with Crippen LogP contribution in [0.1, 0.15) is 31.4 Å². The molecule has 1 aliphatic heterocycles. The predicted octanol–water partition coefficient (Wildman–Crippen LogP) is 3.89. The van der Waals surface area contributed by atoms with Gasteiger partial charge in [0.05, 0.1) is 17.5 Å². The van der Waals surface area contributed by atoms with Crippen LogP contribution in [0, 0.1) is 11.6 Å². The zero-order chi connectivity index (χ0) is 18.0. The van der Waals surface area contributed by atoms with Crippen molar-refractivity contribution in [3.05, 3.63) is 59.7 Å². The summed E-state index contributed by atoms with van der Waals surface area (Å²) in [7, 11) is -3.90. The van der Waals surface area contributed by atoms with Crippen molar-refractivity contribution < 1.29 is 21.9 Å². The summed E-state index contributed by atoms with van der Waals surface area (Å²) in [6, 6.07) is 9.64. The lowest BCUT2D eigenvalue weighted by atomic mass is 10.1. The lowest BCUT2D eigenvalue weighted by Crippen LogP contribution is -2.30. The Labute approximate surface area is 146 Å². The third-order valence-corrected chi connectivity index (χ3v) is 6.18. The molecule has 1 unspecified atom stereocenters. The monoisotopic (exact) mass is 367 g/mol. The fourth-order valence-corrected chi connectivity index (χ4v) is 4.78. The smallest absolute Gasteiger partial charge is 0.243 e. The van der Waals surface area contributed by atoms with Gasteiger partial charge in [-0.1, -0.05) is 12.1 Å². The number of benzene rings is 2. The largest absolute Gasteiger partial charge is 0.494 e. The Kier molecular flexibility index (Phi) is 5.06. The summed E-state index contributed by atoms with van der Waals surface area (Å²) in [6.45, 7) is 2.79. The van der Waals surface area contributed by atoms with E-state index in [-0.39, 0.29) is 10.9 Å². The number of rotatable bonds is 5. The van der Waals surface area contributed by atoms with Crippen LogP contribution in [0.2, 0.25) is 0 Å². The van der Waals surface area contributed by atoms with Gasteiger partial charge in [-0.15, -0.1) is 0 Å². The van der Waals surface area contributed by atoms with Crippen LogP contribution in [0.5, 0.6) is 5.75 Å². The van der Waals surface area contributed by atoms with Crippen LogP contribution in [-0.4, -0.2) is 25.9 Å². The summed E-state index contributed by atoms with van der Waals surface area (Å²) < 4.78 is 59.1. The Balaban J connectivity index is 1.90. The Hall–Kier alpha value is -1.99. The molecule has 0 N–H and O–H groups in total. The molecule has 0 aromatic heterocycles. The van der Waals surface area contributed by atoms with Gasteiger partial charge in [0.25, 0.3) is 0 Å². The van der Waals surface area contributed by atoms with Crippen LogP contribution in [0.4, 0.5) is 8.78 Å². The summed E-state index contributed by atoms with van der Waals surface area (Å²) in [5.41, 5.74) is 0.854. The van der Waals surface area contributed by atoms with E-state index in [0.29, 0.717) is 26.0 Å². The molecule has 0 saturated carbocycles. The molecule has 1 heterocycles. The van der Waals surface area contributed by atoms with Crippen molar-refractivity contribution in [1.29, 1.82) is 0 Å². The van der Waals surface area contributed by atoms with Gasteiger partial charge in [-0.05, 0) is 55.7 Å². The Morgan fingerprint density at radius 1 is 1.12 bits per heavy atom. The molecule has 1 fully saturated rings. The van der Waals surface area contributed by atoms with Crippen molar-refractivity contribution in [2.75, 3.05) is 13.2 Å². The van der Waals surface area contributed by atoms with Gasteiger partial charge in [0, 0.05) is 6.54 Å². The Bertz CT molecular complexity index is 853. The number of nitrogens with zero attached hydrogens (tertiary/aromatic N) is 1. The van der Waals surface area contributed by atoms with Crippen molar-refractivity contribution in [2.24, 2.45) is 0 Å². The molecule has 1 atom stereocenters. The van der Waals surface area contributed by atoms with Crippen LogP contribution >= 0.6 is 0 Å². The van der Waals surface area contributed by atoms with Crippen LogP contribution in [0.25, 0.3) is 0 Å². The molecule has 0 spiro atoms. The highest BCUT2D eigenvalue weighted by molar-refractivity contribution is 7.89. The normalized spacial score (nSPS) is 18.4. The summed E-state index contributed by atoms with van der Waals surface area (Å²) in [5.74, 6) is -1.51. The van der Waals surface area contributed by atoms with Gasteiger partial charge >= 0.3 is 0 Å². The molecule has 25 heavy (non-hydrogen) atoms. The molecule has 1 aliphatic rings. The van der Waals surface area contributed by atoms with Gasteiger partial charge in [0.2, 0.25) is 10.0 Å². The molecule has 0 radical (unpaired) electrons. The second-order valence-corrected chi connectivity index (χ2v) is 7.74. The van der Waals surface area contributed by atoms with E-state index in [4.69, 9.17) is 4.74 Å². The average Bonchev–Trinajstić information content (AvgIpc) is 3.09. The maximum atomic E-state index is 13.5. The molecule has 0 bridgehead atoms. The second kappa shape index (κ2) is 7.09. The first-order valence-electron chi connectivity index (χ1n) is 8.13. The van der Waals surface area contributed by atoms with Gasteiger partial charge in [-0.3, -0.25) is 0 Å². The third-order valence-electron chi connectivity index (χ3n) is 4.28. The standard InChI is InChI=1S/C18H19F2NO3S/c1-2-24-14-7-5-13(6-8-14)18-4-3-11-21(18)25(22,23)15-9-10-16(19)17(20)12-15/h5-10,12,18H,2-4,11H2,1H3. The van der Waals surface area contributed by atoms with Gasteiger partial charge < -0.3 is 4.74 Å². The summed E-state index contributed by atoms with van der Waals surface area (Å²) >= 11 is 0. The van der Waals surface area contributed by atoms with Crippen molar-refractivity contribution in [3.8, 4) is 5.75 Å². The first-order chi connectivity index (χ1) is 11.9. The SMILES string of the molecule is CCOc1ccc(C2CCCN2S(=O)(=O)c2ccc(F)c(F)c2)cc1. The number of halogens is 2. The van der Waals surface area contributed by atoms with E-state index >= 15 is 0 Å². The van der Waals surface area contributed by atoms with Gasteiger partial charge in [0.15, 0.2) is 11.6 Å². The predicted molar refractivity (Wildman–Crippen MR) is 89.8 cm³/mol. The lowest BCUT2D eigenvalue weighted by Gasteiger charge is -2.24. The van der Waals surface area contributed by atoms with Crippen LogP contribution < -0.4 is 4.74 Å². The van der Waals surface area contributed by atoms with Gasteiger partial charge in [0.1, 0.15) is 5.75 Å². The molecule has 1 saturated heterocycles. The molecule has 7 heteroatoms. The quantitative estimate of drug-likeness (QED) is 0.805. The number of hydrogen-bond acceptors (Lipinski definition) is 3. The minimum Gasteiger partial charge on any atom is -0.494 e. The zero-order valence-electron chi connectivity index (χ0n) is 13.8. The van der Waals surface area contributed by atoms with Crippen molar-refractivity contribution in [1.82, 2.24) is 4.31 Å². The lowest BCUT2D eigenvalue weighted by molar-refractivity contribution is 0.339. The fraction of sp³-hybridized carbons (Fsp3) is 0.333.